The van der Waals surface area contributed by atoms with E-state index >= 15 is 0 Å². The van der Waals surface area contributed by atoms with Gasteiger partial charge in [-0.25, -0.2) is 4.68 Å². The lowest BCUT2D eigenvalue weighted by atomic mass is 10.00. The van der Waals surface area contributed by atoms with Crippen molar-refractivity contribution in [3.63, 3.8) is 0 Å². The third kappa shape index (κ3) is 2.69. The SMILES string of the molecule is O=C(c1cc(Br)cs1)N1CC(Cn2ncccc2=O)C1. The van der Waals surface area contributed by atoms with E-state index in [9.17, 15) is 9.59 Å². The van der Waals surface area contributed by atoms with Crippen LogP contribution < -0.4 is 5.56 Å². The van der Waals surface area contributed by atoms with Crippen molar-refractivity contribution < 1.29 is 4.79 Å². The first-order valence-electron chi connectivity index (χ1n) is 6.19. The van der Waals surface area contributed by atoms with Gasteiger partial charge in [0.15, 0.2) is 0 Å². The molecular formula is C13H12BrN3O2S. The van der Waals surface area contributed by atoms with Gasteiger partial charge in [-0.2, -0.15) is 5.10 Å². The fraction of sp³-hybridized carbons (Fsp3) is 0.308. The smallest absolute Gasteiger partial charge is 0.266 e. The molecule has 0 atom stereocenters. The molecule has 1 aliphatic rings. The molecule has 2 aromatic heterocycles. The van der Waals surface area contributed by atoms with Crippen molar-refractivity contribution in [3.8, 4) is 0 Å². The Balaban J connectivity index is 1.58. The minimum Gasteiger partial charge on any atom is -0.337 e. The molecule has 1 fully saturated rings. The molecule has 2 aromatic rings. The van der Waals surface area contributed by atoms with E-state index in [1.54, 1.807) is 17.2 Å². The predicted molar refractivity (Wildman–Crippen MR) is 79.9 cm³/mol. The highest BCUT2D eigenvalue weighted by atomic mass is 79.9. The second kappa shape index (κ2) is 5.49. The van der Waals surface area contributed by atoms with Crippen molar-refractivity contribution in [3.05, 3.63) is 49.5 Å². The summed E-state index contributed by atoms with van der Waals surface area (Å²) in [5.41, 5.74) is -0.0977. The molecule has 0 N–H and O–H groups in total. The van der Waals surface area contributed by atoms with Gasteiger partial charge in [-0.05, 0) is 28.1 Å². The molecule has 0 spiro atoms. The third-order valence-electron chi connectivity index (χ3n) is 3.24. The van der Waals surface area contributed by atoms with Crippen LogP contribution in [-0.4, -0.2) is 33.7 Å². The maximum atomic E-state index is 12.1. The van der Waals surface area contributed by atoms with E-state index in [-0.39, 0.29) is 11.5 Å². The van der Waals surface area contributed by atoms with Crippen molar-refractivity contribution in [1.29, 1.82) is 0 Å². The molecule has 20 heavy (non-hydrogen) atoms. The number of amides is 1. The zero-order valence-electron chi connectivity index (χ0n) is 10.5. The van der Waals surface area contributed by atoms with Crippen LogP contribution in [0.3, 0.4) is 0 Å². The van der Waals surface area contributed by atoms with Gasteiger partial charge in [0.05, 0.1) is 11.4 Å². The molecule has 0 aromatic carbocycles. The minimum absolute atomic E-state index is 0.0605. The van der Waals surface area contributed by atoms with Crippen molar-refractivity contribution in [2.45, 2.75) is 6.54 Å². The van der Waals surface area contributed by atoms with Crippen LogP contribution in [0, 0.1) is 5.92 Å². The highest BCUT2D eigenvalue weighted by Crippen LogP contribution is 2.25. The number of carbonyl (C=O) groups is 1. The monoisotopic (exact) mass is 353 g/mol. The summed E-state index contributed by atoms with van der Waals surface area (Å²) in [6.07, 6.45) is 1.60. The highest BCUT2D eigenvalue weighted by Gasteiger charge is 2.32. The normalized spacial score (nSPS) is 15.2. The largest absolute Gasteiger partial charge is 0.337 e. The number of hydrogen-bond donors (Lipinski definition) is 0. The fourth-order valence-electron chi connectivity index (χ4n) is 2.20. The van der Waals surface area contributed by atoms with Gasteiger partial charge >= 0.3 is 0 Å². The summed E-state index contributed by atoms with van der Waals surface area (Å²) >= 11 is 4.78. The molecule has 104 valence electrons. The zero-order valence-corrected chi connectivity index (χ0v) is 12.9. The van der Waals surface area contributed by atoms with Gasteiger partial charge in [0.1, 0.15) is 0 Å². The van der Waals surface area contributed by atoms with E-state index in [0.29, 0.717) is 25.6 Å². The number of thiophene rings is 1. The number of hydrogen-bond acceptors (Lipinski definition) is 4. The van der Waals surface area contributed by atoms with Gasteiger partial charge in [0, 0.05) is 41.1 Å². The van der Waals surface area contributed by atoms with Gasteiger partial charge in [-0.1, -0.05) is 0 Å². The summed E-state index contributed by atoms with van der Waals surface area (Å²) in [6, 6.07) is 4.96. The van der Waals surface area contributed by atoms with Gasteiger partial charge in [0.2, 0.25) is 0 Å². The van der Waals surface area contributed by atoms with E-state index in [1.165, 1.54) is 22.1 Å². The Bertz CT molecular complexity index is 691. The minimum atomic E-state index is -0.0977. The molecule has 5 nitrogen and oxygen atoms in total. The molecule has 0 bridgehead atoms. The molecule has 0 saturated carbocycles. The lowest BCUT2D eigenvalue weighted by Crippen LogP contribution is -2.52. The lowest BCUT2D eigenvalue weighted by Gasteiger charge is -2.38. The van der Waals surface area contributed by atoms with Crippen molar-refractivity contribution >= 4 is 33.2 Å². The topological polar surface area (TPSA) is 55.2 Å². The molecule has 1 saturated heterocycles. The van der Waals surface area contributed by atoms with E-state index < -0.39 is 0 Å². The van der Waals surface area contributed by atoms with Crippen LogP contribution >= 0.6 is 27.3 Å². The summed E-state index contributed by atoms with van der Waals surface area (Å²) in [6.45, 7) is 1.92. The Morgan fingerprint density at radius 2 is 2.30 bits per heavy atom. The maximum Gasteiger partial charge on any atom is 0.266 e. The Morgan fingerprint density at radius 1 is 1.50 bits per heavy atom. The van der Waals surface area contributed by atoms with Crippen LogP contribution in [0.5, 0.6) is 0 Å². The number of halogens is 1. The van der Waals surface area contributed by atoms with Gasteiger partial charge in [-0.3, -0.25) is 9.59 Å². The second-order valence-electron chi connectivity index (χ2n) is 4.75. The quantitative estimate of drug-likeness (QED) is 0.845. The number of carbonyl (C=O) groups excluding carboxylic acids is 1. The van der Waals surface area contributed by atoms with Crippen LogP contribution in [0.25, 0.3) is 0 Å². The summed E-state index contributed by atoms with van der Waals surface area (Å²) in [5, 5.41) is 5.93. The van der Waals surface area contributed by atoms with Crippen molar-refractivity contribution in [2.75, 3.05) is 13.1 Å². The molecule has 0 aliphatic carbocycles. The molecule has 7 heteroatoms. The summed E-state index contributed by atoms with van der Waals surface area (Å²) in [4.78, 5) is 26.2. The Labute approximate surface area is 128 Å². The van der Waals surface area contributed by atoms with E-state index in [0.717, 1.165) is 9.35 Å². The first-order valence-corrected chi connectivity index (χ1v) is 7.86. The summed E-state index contributed by atoms with van der Waals surface area (Å²) < 4.78 is 2.39. The molecular weight excluding hydrogens is 342 g/mol. The van der Waals surface area contributed by atoms with Crippen LogP contribution in [0.15, 0.2) is 39.0 Å². The number of likely N-dealkylation sites (tertiary alicyclic amines) is 1. The first kappa shape index (κ1) is 13.5. The standard InChI is InChI=1S/C13H12BrN3O2S/c14-10-4-11(20-8-10)13(19)16-5-9(6-16)7-17-12(18)2-1-3-15-17/h1-4,8-9H,5-7H2. The summed E-state index contributed by atoms with van der Waals surface area (Å²) in [5.74, 6) is 0.361. The Morgan fingerprint density at radius 3 is 2.95 bits per heavy atom. The third-order valence-corrected chi connectivity index (χ3v) is 4.92. The Hall–Kier alpha value is -1.47. The van der Waals surface area contributed by atoms with Crippen LogP contribution in [0.4, 0.5) is 0 Å². The van der Waals surface area contributed by atoms with E-state index in [1.807, 2.05) is 11.4 Å². The molecule has 0 radical (unpaired) electrons. The number of nitrogens with zero attached hydrogens (tertiary/aromatic N) is 3. The van der Waals surface area contributed by atoms with Crippen LogP contribution in [0.2, 0.25) is 0 Å². The van der Waals surface area contributed by atoms with Gasteiger partial charge in [-0.15, -0.1) is 11.3 Å². The van der Waals surface area contributed by atoms with Crippen LogP contribution in [0.1, 0.15) is 9.67 Å². The average molecular weight is 354 g/mol. The summed E-state index contributed by atoms with van der Waals surface area (Å²) in [7, 11) is 0. The van der Waals surface area contributed by atoms with Crippen molar-refractivity contribution in [2.24, 2.45) is 5.92 Å². The second-order valence-corrected chi connectivity index (χ2v) is 6.58. The predicted octanol–water partition coefficient (Wildman–Crippen LogP) is 1.84. The molecule has 0 unspecified atom stereocenters. The van der Waals surface area contributed by atoms with Gasteiger partial charge < -0.3 is 4.90 Å². The maximum absolute atomic E-state index is 12.1. The number of rotatable bonds is 3. The first-order chi connectivity index (χ1) is 9.63. The molecule has 3 rings (SSSR count). The van der Waals surface area contributed by atoms with E-state index in [4.69, 9.17) is 0 Å². The highest BCUT2D eigenvalue weighted by molar-refractivity contribution is 9.10. The van der Waals surface area contributed by atoms with Crippen LogP contribution in [-0.2, 0) is 6.54 Å². The fourth-order valence-corrected chi connectivity index (χ4v) is 3.59. The van der Waals surface area contributed by atoms with Crippen molar-refractivity contribution in [1.82, 2.24) is 14.7 Å². The van der Waals surface area contributed by atoms with Gasteiger partial charge in [0.25, 0.3) is 11.5 Å². The average Bonchev–Trinajstić information content (AvgIpc) is 2.81. The molecule has 1 aliphatic heterocycles. The zero-order chi connectivity index (χ0) is 14.1. The Kier molecular flexibility index (Phi) is 3.71. The lowest BCUT2D eigenvalue weighted by molar-refractivity contribution is 0.0463. The molecule has 3 heterocycles. The van der Waals surface area contributed by atoms with E-state index in [2.05, 4.69) is 21.0 Å². The molecule has 1 amide bonds. The number of aromatic nitrogens is 2.